The summed E-state index contributed by atoms with van der Waals surface area (Å²) in [6, 6.07) is 15.6. The van der Waals surface area contributed by atoms with Gasteiger partial charge in [0, 0.05) is 28.3 Å². The van der Waals surface area contributed by atoms with Gasteiger partial charge in [-0.3, -0.25) is 9.69 Å². The second kappa shape index (κ2) is 8.15. The first-order valence-corrected chi connectivity index (χ1v) is 9.31. The van der Waals surface area contributed by atoms with Crippen LogP contribution in [0.2, 0.25) is 5.02 Å². The number of hydrogen-bond donors (Lipinski definition) is 1. The normalized spacial score (nSPS) is 18.3. The van der Waals surface area contributed by atoms with E-state index in [1.807, 2.05) is 48.5 Å². The maximum atomic E-state index is 12.6. The molecule has 1 heterocycles. The summed E-state index contributed by atoms with van der Waals surface area (Å²) in [5.41, 5.74) is 1.95. The van der Waals surface area contributed by atoms with Gasteiger partial charge in [-0.1, -0.05) is 51.8 Å². The zero-order valence-corrected chi connectivity index (χ0v) is 15.7. The summed E-state index contributed by atoms with van der Waals surface area (Å²) in [5, 5.41) is 3.82. The number of benzene rings is 2. The summed E-state index contributed by atoms with van der Waals surface area (Å²) in [7, 11) is 0. The highest BCUT2D eigenvalue weighted by molar-refractivity contribution is 9.10. The van der Waals surface area contributed by atoms with Crippen LogP contribution < -0.4 is 5.32 Å². The van der Waals surface area contributed by atoms with Crippen molar-refractivity contribution in [2.24, 2.45) is 5.92 Å². The van der Waals surface area contributed by atoms with E-state index >= 15 is 0 Å². The number of anilines is 1. The van der Waals surface area contributed by atoms with E-state index in [9.17, 15) is 4.79 Å². The van der Waals surface area contributed by atoms with Crippen molar-refractivity contribution in [1.29, 1.82) is 0 Å². The van der Waals surface area contributed by atoms with Crippen molar-refractivity contribution >= 4 is 39.1 Å². The molecule has 5 heteroatoms. The monoisotopic (exact) mass is 406 g/mol. The third-order valence-electron chi connectivity index (χ3n) is 4.32. The van der Waals surface area contributed by atoms with E-state index in [2.05, 4.69) is 26.1 Å². The van der Waals surface area contributed by atoms with Gasteiger partial charge in [-0.05, 0) is 49.2 Å². The van der Waals surface area contributed by atoms with Crippen LogP contribution >= 0.6 is 27.5 Å². The molecule has 3 rings (SSSR count). The summed E-state index contributed by atoms with van der Waals surface area (Å²) in [5.74, 6) is 0.108. The number of nitrogens with zero attached hydrogens (tertiary/aromatic N) is 1. The van der Waals surface area contributed by atoms with Gasteiger partial charge >= 0.3 is 0 Å². The molecule has 2 aromatic carbocycles. The van der Waals surface area contributed by atoms with Crippen LogP contribution in [0.25, 0.3) is 0 Å². The number of rotatable bonds is 4. The molecule has 0 aliphatic carbocycles. The Balaban J connectivity index is 1.60. The van der Waals surface area contributed by atoms with Crippen LogP contribution in [0, 0.1) is 5.92 Å². The molecule has 2 aromatic rings. The number of amides is 1. The molecule has 1 N–H and O–H groups in total. The molecule has 1 aliphatic heterocycles. The van der Waals surface area contributed by atoms with Gasteiger partial charge in [-0.15, -0.1) is 0 Å². The predicted octanol–water partition coefficient (Wildman–Crippen LogP) is 4.95. The van der Waals surface area contributed by atoms with Crippen molar-refractivity contribution in [1.82, 2.24) is 4.90 Å². The van der Waals surface area contributed by atoms with Gasteiger partial charge in [0.1, 0.15) is 0 Å². The minimum atomic E-state index is 0.0141. The Morgan fingerprint density at radius 3 is 2.88 bits per heavy atom. The van der Waals surface area contributed by atoms with E-state index in [4.69, 9.17) is 11.6 Å². The maximum absolute atomic E-state index is 12.6. The minimum Gasteiger partial charge on any atom is -0.326 e. The van der Waals surface area contributed by atoms with Gasteiger partial charge in [-0.2, -0.15) is 0 Å². The first kappa shape index (κ1) is 17.5. The van der Waals surface area contributed by atoms with E-state index in [0.29, 0.717) is 0 Å². The molecule has 1 atom stereocenters. The highest BCUT2D eigenvalue weighted by Gasteiger charge is 2.26. The summed E-state index contributed by atoms with van der Waals surface area (Å²) < 4.78 is 0.962. The number of carbonyl (C=O) groups is 1. The standard InChI is InChI=1S/C19H20BrClN2O/c20-16-7-3-8-17(11-16)22-19(24)15-6-4-10-23(13-15)12-14-5-1-2-9-18(14)21/h1-3,5,7-9,11,15H,4,6,10,12-13H2,(H,22,24)/t15-/m1/s1. The minimum absolute atomic E-state index is 0.0141. The average Bonchev–Trinajstić information content (AvgIpc) is 2.57. The lowest BCUT2D eigenvalue weighted by atomic mass is 9.96. The molecule has 0 unspecified atom stereocenters. The Bertz CT molecular complexity index is 722. The van der Waals surface area contributed by atoms with Crippen LogP contribution in [0.5, 0.6) is 0 Å². The highest BCUT2D eigenvalue weighted by atomic mass is 79.9. The molecule has 1 fully saturated rings. The largest absolute Gasteiger partial charge is 0.326 e. The van der Waals surface area contributed by atoms with E-state index < -0.39 is 0 Å². The number of hydrogen-bond acceptors (Lipinski definition) is 2. The first-order chi connectivity index (χ1) is 11.6. The van der Waals surface area contributed by atoms with Gasteiger partial charge in [0.25, 0.3) is 0 Å². The molecule has 3 nitrogen and oxygen atoms in total. The van der Waals surface area contributed by atoms with Crippen molar-refractivity contribution in [2.75, 3.05) is 18.4 Å². The second-order valence-corrected chi connectivity index (χ2v) is 7.49. The zero-order valence-electron chi connectivity index (χ0n) is 13.3. The van der Waals surface area contributed by atoms with Crippen molar-refractivity contribution < 1.29 is 4.79 Å². The SMILES string of the molecule is O=C(Nc1cccc(Br)c1)[C@@H]1CCCN(Cc2ccccc2Cl)C1. The molecule has 1 amide bonds. The molecule has 1 saturated heterocycles. The summed E-state index contributed by atoms with van der Waals surface area (Å²) in [4.78, 5) is 14.9. The van der Waals surface area contributed by atoms with Crippen LogP contribution in [0.3, 0.4) is 0 Å². The highest BCUT2D eigenvalue weighted by Crippen LogP contribution is 2.23. The molecule has 0 bridgehead atoms. The third kappa shape index (κ3) is 4.59. The molecule has 126 valence electrons. The van der Waals surface area contributed by atoms with E-state index in [0.717, 1.165) is 53.2 Å². The first-order valence-electron chi connectivity index (χ1n) is 8.14. The van der Waals surface area contributed by atoms with Crippen LogP contribution in [0.4, 0.5) is 5.69 Å². The Morgan fingerprint density at radius 1 is 1.25 bits per heavy atom. The van der Waals surface area contributed by atoms with E-state index in [1.165, 1.54) is 0 Å². The van der Waals surface area contributed by atoms with Crippen LogP contribution in [-0.4, -0.2) is 23.9 Å². The van der Waals surface area contributed by atoms with E-state index in [1.54, 1.807) is 0 Å². The molecule has 0 aromatic heterocycles. The van der Waals surface area contributed by atoms with Crippen molar-refractivity contribution in [3.8, 4) is 0 Å². The summed E-state index contributed by atoms with van der Waals surface area (Å²) >= 11 is 9.68. The van der Waals surface area contributed by atoms with Crippen molar-refractivity contribution in [3.63, 3.8) is 0 Å². The topological polar surface area (TPSA) is 32.3 Å². The maximum Gasteiger partial charge on any atom is 0.228 e. The number of carbonyl (C=O) groups excluding carboxylic acids is 1. The lowest BCUT2D eigenvalue weighted by molar-refractivity contribution is -0.121. The Kier molecular flexibility index (Phi) is 5.93. The number of nitrogens with one attached hydrogen (secondary N) is 1. The summed E-state index contributed by atoms with van der Waals surface area (Å²) in [6.07, 6.45) is 1.96. The van der Waals surface area contributed by atoms with Gasteiger partial charge in [0.15, 0.2) is 0 Å². The molecular formula is C19H20BrClN2O. The van der Waals surface area contributed by atoms with Gasteiger partial charge < -0.3 is 5.32 Å². The Morgan fingerprint density at radius 2 is 2.08 bits per heavy atom. The molecule has 0 spiro atoms. The van der Waals surface area contributed by atoms with Gasteiger partial charge in [0.05, 0.1) is 5.92 Å². The van der Waals surface area contributed by atoms with Crippen LogP contribution in [0.1, 0.15) is 18.4 Å². The fourth-order valence-electron chi connectivity index (χ4n) is 3.09. The fourth-order valence-corrected chi connectivity index (χ4v) is 3.69. The van der Waals surface area contributed by atoms with Crippen LogP contribution in [-0.2, 0) is 11.3 Å². The number of likely N-dealkylation sites (tertiary alicyclic amines) is 1. The zero-order chi connectivity index (χ0) is 16.9. The smallest absolute Gasteiger partial charge is 0.228 e. The van der Waals surface area contributed by atoms with Crippen molar-refractivity contribution in [2.45, 2.75) is 19.4 Å². The summed E-state index contributed by atoms with van der Waals surface area (Å²) in [6.45, 7) is 2.57. The molecule has 1 aliphatic rings. The van der Waals surface area contributed by atoms with Crippen LogP contribution in [0.15, 0.2) is 53.0 Å². The van der Waals surface area contributed by atoms with E-state index in [-0.39, 0.29) is 11.8 Å². The molecule has 0 radical (unpaired) electrons. The molecular weight excluding hydrogens is 388 g/mol. The quantitative estimate of drug-likeness (QED) is 0.777. The van der Waals surface area contributed by atoms with Crippen molar-refractivity contribution in [3.05, 3.63) is 63.6 Å². The Labute approximate surface area is 156 Å². The number of piperidine rings is 1. The van der Waals surface area contributed by atoms with Gasteiger partial charge in [0.2, 0.25) is 5.91 Å². The lowest BCUT2D eigenvalue weighted by Gasteiger charge is -2.32. The second-order valence-electron chi connectivity index (χ2n) is 6.17. The molecule has 24 heavy (non-hydrogen) atoms. The molecule has 0 saturated carbocycles. The predicted molar refractivity (Wildman–Crippen MR) is 102 cm³/mol. The van der Waals surface area contributed by atoms with Gasteiger partial charge in [-0.25, -0.2) is 0 Å². The average molecular weight is 408 g/mol. The lowest BCUT2D eigenvalue weighted by Crippen LogP contribution is -2.40. The number of halogens is 2. The third-order valence-corrected chi connectivity index (χ3v) is 5.18. The Hall–Kier alpha value is -1.36. The fraction of sp³-hybridized carbons (Fsp3) is 0.316.